The van der Waals surface area contributed by atoms with Crippen molar-refractivity contribution in [1.29, 1.82) is 0 Å². The molecule has 0 saturated carbocycles. The van der Waals surface area contributed by atoms with Crippen molar-refractivity contribution in [2.75, 3.05) is 7.11 Å². The van der Waals surface area contributed by atoms with Gasteiger partial charge < -0.3 is 15.2 Å². The van der Waals surface area contributed by atoms with Crippen molar-refractivity contribution in [3.63, 3.8) is 0 Å². The molecule has 0 aliphatic rings. The van der Waals surface area contributed by atoms with Crippen LogP contribution in [0.15, 0.2) is 42.5 Å². The highest BCUT2D eigenvalue weighted by molar-refractivity contribution is 5.37. The van der Waals surface area contributed by atoms with E-state index in [-0.39, 0.29) is 17.8 Å². The summed E-state index contributed by atoms with van der Waals surface area (Å²) in [4.78, 5) is 0. The van der Waals surface area contributed by atoms with Crippen molar-refractivity contribution >= 4 is 0 Å². The lowest BCUT2D eigenvalue weighted by molar-refractivity contribution is 0.393. The van der Waals surface area contributed by atoms with Gasteiger partial charge in [0.05, 0.1) is 7.11 Å². The number of methoxy groups -OCH3 is 1. The number of halogens is 1. The minimum absolute atomic E-state index is 0.0283. The Balaban J connectivity index is 2.16. The van der Waals surface area contributed by atoms with E-state index in [1.807, 2.05) is 38.1 Å². The molecule has 21 heavy (non-hydrogen) atoms. The molecule has 0 amide bonds. The van der Waals surface area contributed by atoms with E-state index in [1.54, 1.807) is 13.2 Å². The number of phenols is 1. The molecule has 2 aromatic carbocycles. The summed E-state index contributed by atoms with van der Waals surface area (Å²) >= 11 is 0. The number of hydrogen-bond donors (Lipinski definition) is 2. The predicted molar refractivity (Wildman–Crippen MR) is 81.0 cm³/mol. The van der Waals surface area contributed by atoms with Crippen molar-refractivity contribution in [2.24, 2.45) is 0 Å². The van der Waals surface area contributed by atoms with Crippen LogP contribution in [0.5, 0.6) is 11.5 Å². The first-order valence-electron chi connectivity index (χ1n) is 6.90. The molecule has 1 unspecified atom stereocenters. The number of hydrogen-bond acceptors (Lipinski definition) is 3. The zero-order valence-corrected chi connectivity index (χ0v) is 12.4. The van der Waals surface area contributed by atoms with E-state index in [4.69, 9.17) is 4.74 Å². The molecular formula is C17H20FNO2. The second-order valence-corrected chi connectivity index (χ2v) is 5.06. The van der Waals surface area contributed by atoms with Gasteiger partial charge in [0.25, 0.3) is 0 Å². The zero-order chi connectivity index (χ0) is 15.4. The van der Waals surface area contributed by atoms with Gasteiger partial charge in [0.2, 0.25) is 0 Å². The molecule has 112 valence electrons. The Morgan fingerprint density at radius 3 is 2.38 bits per heavy atom. The molecule has 2 N–H and O–H groups in total. The topological polar surface area (TPSA) is 41.5 Å². The summed E-state index contributed by atoms with van der Waals surface area (Å²) in [6.07, 6.45) is 0. The third-order valence-corrected chi connectivity index (χ3v) is 3.56. The fourth-order valence-corrected chi connectivity index (χ4v) is 2.46. The maximum absolute atomic E-state index is 13.0. The monoisotopic (exact) mass is 289 g/mol. The molecule has 0 heterocycles. The van der Waals surface area contributed by atoms with Gasteiger partial charge in [0.1, 0.15) is 17.3 Å². The molecule has 0 saturated heterocycles. The lowest BCUT2D eigenvalue weighted by Crippen LogP contribution is -2.23. The Morgan fingerprint density at radius 2 is 1.71 bits per heavy atom. The van der Waals surface area contributed by atoms with Crippen LogP contribution in [0.1, 0.15) is 37.1 Å². The molecule has 2 atom stereocenters. The third kappa shape index (κ3) is 3.52. The molecule has 2 rings (SSSR count). The van der Waals surface area contributed by atoms with Gasteiger partial charge in [-0.2, -0.15) is 0 Å². The van der Waals surface area contributed by atoms with E-state index in [0.717, 1.165) is 17.4 Å². The molecular weight excluding hydrogens is 269 g/mol. The number of phenolic OH excluding ortho intramolecular Hbond substituents is 1. The Labute approximate surface area is 124 Å². The van der Waals surface area contributed by atoms with E-state index < -0.39 is 5.82 Å². The number of nitrogens with one attached hydrogen (secondary N) is 1. The van der Waals surface area contributed by atoms with Crippen LogP contribution < -0.4 is 10.1 Å². The molecule has 0 bridgehead atoms. The van der Waals surface area contributed by atoms with E-state index in [9.17, 15) is 9.50 Å². The zero-order valence-electron chi connectivity index (χ0n) is 12.4. The minimum Gasteiger partial charge on any atom is -0.508 e. The van der Waals surface area contributed by atoms with E-state index in [0.29, 0.717) is 5.56 Å². The standard InChI is InChI=1S/C17H20FNO2/c1-11(14-9-8-13(18)10-16(14)20)19-12(2)15-6-4-5-7-17(15)21-3/h4-12,19-20H,1-3H3/t11?,12-/m0/s1. The molecule has 0 aromatic heterocycles. The predicted octanol–water partition coefficient (Wildman–Crippen LogP) is 3.95. The average Bonchev–Trinajstić information content (AvgIpc) is 2.46. The van der Waals surface area contributed by atoms with Crippen LogP contribution in [0, 0.1) is 5.82 Å². The molecule has 0 aliphatic carbocycles. The maximum Gasteiger partial charge on any atom is 0.126 e. The van der Waals surface area contributed by atoms with Crippen LogP contribution >= 0.6 is 0 Å². The van der Waals surface area contributed by atoms with Crippen molar-refractivity contribution in [3.05, 3.63) is 59.4 Å². The molecule has 0 aliphatic heterocycles. The summed E-state index contributed by atoms with van der Waals surface area (Å²) in [7, 11) is 1.64. The van der Waals surface area contributed by atoms with Gasteiger partial charge in [-0.05, 0) is 26.0 Å². The van der Waals surface area contributed by atoms with Gasteiger partial charge >= 0.3 is 0 Å². The molecule has 0 radical (unpaired) electrons. The van der Waals surface area contributed by atoms with Crippen LogP contribution in [-0.2, 0) is 0 Å². The third-order valence-electron chi connectivity index (χ3n) is 3.56. The summed E-state index contributed by atoms with van der Waals surface area (Å²) < 4.78 is 18.4. The summed E-state index contributed by atoms with van der Waals surface area (Å²) in [6.45, 7) is 3.95. The number of para-hydroxylation sites is 1. The van der Waals surface area contributed by atoms with Crippen molar-refractivity contribution in [1.82, 2.24) is 5.32 Å². The van der Waals surface area contributed by atoms with E-state index in [1.165, 1.54) is 6.07 Å². The SMILES string of the molecule is COc1ccccc1[C@H](C)NC(C)c1ccc(F)cc1O. The fraction of sp³-hybridized carbons (Fsp3) is 0.294. The Kier molecular flexibility index (Phi) is 4.81. The minimum atomic E-state index is -0.443. The lowest BCUT2D eigenvalue weighted by Gasteiger charge is -2.22. The van der Waals surface area contributed by atoms with Crippen molar-refractivity contribution < 1.29 is 14.2 Å². The highest BCUT2D eigenvalue weighted by Gasteiger charge is 2.16. The lowest BCUT2D eigenvalue weighted by atomic mass is 10.0. The van der Waals surface area contributed by atoms with Gasteiger partial charge in [-0.1, -0.05) is 24.3 Å². The average molecular weight is 289 g/mol. The molecule has 0 spiro atoms. The van der Waals surface area contributed by atoms with Crippen LogP contribution in [0.25, 0.3) is 0 Å². The maximum atomic E-state index is 13.0. The van der Waals surface area contributed by atoms with Crippen LogP contribution in [0.4, 0.5) is 4.39 Å². The number of aromatic hydroxyl groups is 1. The van der Waals surface area contributed by atoms with Gasteiger partial charge in [-0.15, -0.1) is 0 Å². The number of rotatable bonds is 5. The van der Waals surface area contributed by atoms with Crippen LogP contribution in [-0.4, -0.2) is 12.2 Å². The Hall–Kier alpha value is -2.07. The summed E-state index contributed by atoms with van der Waals surface area (Å²) in [5.74, 6) is 0.330. The molecule has 2 aromatic rings. The normalized spacial score (nSPS) is 13.7. The highest BCUT2D eigenvalue weighted by atomic mass is 19.1. The Morgan fingerprint density at radius 1 is 1.05 bits per heavy atom. The van der Waals surface area contributed by atoms with Gasteiger partial charge in [0, 0.05) is 29.3 Å². The van der Waals surface area contributed by atoms with Gasteiger partial charge in [-0.3, -0.25) is 0 Å². The van der Waals surface area contributed by atoms with Crippen LogP contribution in [0.2, 0.25) is 0 Å². The Bertz CT molecular complexity index is 615. The summed E-state index contributed by atoms with van der Waals surface area (Å²) in [5.41, 5.74) is 1.70. The van der Waals surface area contributed by atoms with Gasteiger partial charge in [0.15, 0.2) is 0 Å². The largest absolute Gasteiger partial charge is 0.508 e. The highest BCUT2D eigenvalue weighted by Crippen LogP contribution is 2.29. The van der Waals surface area contributed by atoms with E-state index in [2.05, 4.69) is 5.32 Å². The second kappa shape index (κ2) is 6.59. The van der Waals surface area contributed by atoms with Crippen molar-refractivity contribution in [2.45, 2.75) is 25.9 Å². The van der Waals surface area contributed by atoms with Crippen molar-refractivity contribution in [3.8, 4) is 11.5 Å². The quantitative estimate of drug-likeness (QED) is 0.875. The van der Waals surface area contributed by atoms with Crippen LogP contribution in [0.3, 0.4) is 0 Å². The second-order valence-electron chi connectivity index (χ2n) is 5.06. The fourth-order valence-electron chi connectivity index (χ4n) is 2.46. The first-order valence-corrected chi connectivity index (χ1v) is 6.90. The molecule has 3 nitrogen and oxygen atoms in total. The molecule has 4 heteroatoms. The number of benzene rings is 2. The first kappa shape index (κ1) is 15.3. The number of ether oxygens (including phenoxy) is 1. The van der Waals surface area contributed by atoms with E-state index >= 15 is 0 Å². The first-order chi connectivity index (χ1) is 10.0. The molecule has 0 fully saturated rings. The smallest absolute Gasteiger partial charge is 0.126 e. The van der Waals surface area contributed by atoms with Gasteiger partial charge in [-0.25, -0.2) is 4.39 Å². The summed E-state index contributed by atoms with van der Waals surface area (Å²) in [6, 6.07) is 11.8. The summed E-state index contributed by atoms with van der Waals surface area (Å²) in [5, 5.41) is 13.2.